The van der Waals surface area contributed by atoms with E-state index in [-0.39, 0.29) is 53.1 Å². The van der Waals surface area contributed by atoms with Gasteiger partial charge in [-0.2, -0.15) is 0 Å². The second-order valence-electron chi connectivity index (χ2n) is 7.46. The Labute approximate surface area is 265 Å². The van der Waals surface area contributed by atoms with Crippen LogP contribution in [0.25, 0.3) is 0 Å². The lowest BCUT2D eigenvalue weighted by atomic mass is 10.2. The minimum Gasteiger partial charge on any atom is -0.448 e. The number of rotatable bonds is 0. The lowest BCUT2D eigenvalue weighted by Crippen LogP contribution is -2.01. The largest absolute Gasteiger partial charge is 0.448 e. The summed E-state index contributed by atoms with van der Waals surface area (Å²) in [7, 11) is 0. The van der Waals surface area contributed by atoms with Crippen molar-refractivity contribution in [1.82, 2.24) is 0 Å². The highest BCUT2D eigenvalue weighted by atomic mass is 35.5. The first kappa shape index (κ1) is 28.5. The van der Waals surface area contributed by atoms with Gasteiger partial charge in [0.05, 0.1) is 30.1 Å². The molecule has 0 spiro atoms. The predicted molar refractivity (Wildman–Crippen MR) is 156 cm³/mol. The lowest BCUT2D eigenvalue weighted by molar-refractivity contribution is 0.360. The number of hydrogen-bond acceptors (Lipinski definition) is 4. The molecule has 0 bridgehead atoms. The highest BCUT2D eigenvalue weighted by molar-refractivity contribution is 6.46. The van der Waals surface area contributed by atoms with Crippen LogP contribution < -0.4 is 18.9 Å². The Morgan fingerprint density at radius 1 is 0.316 bits per heavy atom. The lowest BCUT2D eigenvalue weighted by Gasteiger charge is -2.23. The molecule has 0 radical (unpaired) electrons. The van der Waals surface area contributed by atoms with E-state index in [1.165, 1.54) is 18.2 Å². The molecule has 0 fully saturated rings. The maximum absolute atomic E-state index is 6.07. The third-order valence-corrected chi connectivity index (χ3v) is 8.05. The van der Waals surface area contributed by atoms with Crippen molar-refractivity contribution in [2.75, 3.05) is 0 Å². The second kappa shape index (κ2) is 11.1. The Kier molecular flexibility index (Phi) is 8.33. The Morgan fingerprint density at radius 3 is 1.13 bits per heavy atom. The molecule has 6 rings (SSSR count). The first-order valence-corrected chi connectivity index (χ1v) is 13.8. The highest BCUT2D eigenvalue weighted by Gasteiger charge is 2.29. The van der Waals surface area contributed by atoms with E-state index in [1.807, 2.05) is 0 Å². The molecule has 14 heteroatoms. The SMILES string of the molecule is Clc1cc(Cl)c2c(c1)Oc1c(Cl)c(Cl)cc(Cl)c1O2.Clc1cc(Cl)c2c(c1)Oc1c(Cl)cc(Cl)c(Cl)c1O2. The van der Waals surface area contributed by atoms with Gasteiger partial charge in [0.2, 0.25) is 0 Å². The van der Waals surface area contributed by atoms with Gasteiger partial charge in [-0.25, -0.2) is 0 Å². The molecule has 2 aliphatic heterocycles. The average Bonchev–Trinajstić information content (AvgIpc) is 2.85. The number of benzene rings is 4. The second-order valence-corrected chi connectivity index (χ2v) is 11.5. The quantitative estimate of drug-likeness (QED) is 0.147. The van der Waals surface area contributed by atoms with Crippen molar-refractivity contribution in [3.63, 3.8) is 0 Å². The first-order chi connectivity index (χ1) is 17.9. The summed E-state index contributed by atoms with van der Waals surface area (Å²) in [5, 5.41) is 2.98. The van der Waals surface area contributed by atoms with Crippen LogP contribution in [0, 0.1) is 0 Å². The minimum absolute atomic E-state index is 0.206. The van der Waals surface area contributed by atoms with Crippen molar-refractivity contribution in [3.8, 4) is 46.0 Å². The fourth-order valence-corrected chi connectivity index (χ4v) is 5.69. The third-order valence-electron chi connectivity index (χ3n) is 4.95. The molecule has 0 atom stereocenters. The summed E-state index contributed by atoms with van der Waals surface area (Å²) in [6.45, 7) is 0. The normalized spacial score (nSPS) is 12.3. The maximum atomic E-state index is 6.07. The van der Waals surface area contributed by atoms with Crippen molar-refractivity contribution in [2.45, 2.75) is 0 Å². The van der Waals surface area contributed by atoms with E-state index in [2.05, 4.69) is 0 Å². The van der Waals surface area contributed by atoms with Gasteiger partial charge in [-0.05, 0) is 24.3 Å². The summed E-state index contributed by atoms with van der Waals surface area (Å²) in [6.07, 6.45) is 0. The predicted octanol–water partition coefficient (Wildman–Crippen LogP) is 13.7. The van der Waals surface area contributed by atoms with Gasteiger partial charge in [0.25, 0.3) is 0 Å². The summed E-state index contributed by atoms with van der Waals surface area (Å²) in [5.41, 5.74) is 0. The van der Waals surface area contributed by atoms with Crippen LogP contribution in [0.2, 0.25) is 50.2 Å². The summed E-state index contributed by atoms with van der Waals surface area (Å²) >= 11 is 60.0. The summed E-state index contributed by atoms with van der Waals surface area (Å²) in [5.74, 6) is 2.39. The van der Waals surface area contributed by atoms with Crippen molar-refractivity contribution in [1.29, 1.82) is 0 Å². The van der Waals surface area contributed by atoms with Gasteiger partial charge in [0, 0.05) is 22.2 Å². The number of halogens is 10. The smallest absolute Gasteiger partial charge is 0.191 e. The van der Waals surface area contributed by atoms with Crippen LogP contribution in [0.3, 0.4) is 0 Å². The van der Waals surface area contributed by atoms with Crippen molar-refractivity contribution >= 4 is 116 Å². The molecule has 0 aliphatic carbocycles. The summed E-state index contributed by atoms with van der Waals surface area (Å²) in [4.78, 5) is 0. The standard InChI is InChI=1S/2C12H3Cl5O2/c13-4-1-6(15)10-8(2-4)18-12-9(17)5(14)3-7(16)11(12)19-10;13-4-1-6(15)10-8(2-4)18-11-7(16)3-5(14)9(17)12(11)19-10/h2*1-3H. The summed E-state index contributed by atoms with van der Waals surface area (Å²) < 4.78 is 22.6. The molecule has 2 heterocycles. The van der Waals surface area contributed by atoms with Crippen LogP contribution in [0.5, 0.6) is 46.0 Å². The Balaban J connectivity index is 0.000000155. The molecular weight excluding hydrogens is 707 g/mol. The molecule has 0 aromatic heterocycles. The molecule has 2 aliphatic rings. The zero-order chi connectivity index (χ0) is 27.5. The van der Waals surface area contributed by atoms with Gasteiger partial charge >= 0.3 is 0 Å². The van der Waals surface area contributed by atoms with E-state index >= 15 is 0 Å². The molecule has 4 nitrogen and oxygen atoms in total. The first-order valence-electron chi connectivity index (χ1n) is 9.99. The van der Waals surface area contributed by atoms with Gasteiger partial charge in [0.15, 0.2) is 46.0 Å². The van der Waals surface area contributed by atoms with E-state index in [0.29, 0.717) is 43.1 Å². The molecule has 38 heavy (non-hydrogen) atoms. The van der Waals surface area contributed by atoms with Crippen LogP contribution in [0.15, 0.2) is 36.4 Å². The van der Waals surface area contributed by atoms with Crippen molar-refractivity contribution in [3.05, 3.63) is 86.6 Å². The van der Waals surface area contributed by atoms with Gasteiger partial charge in [-0.3, -0.25) is 0 Å². The monoisotopic (exact) mass is 708 g/mol. The van der Waals surface area contributed by atoms with E-state index in [9.17, 15) is 0 Å². The molecule has 0 unspecified atom stereocenters. The van der Waals surface area contributed by atoms with Crippen LogP contribution in [0.1, 0.15) is 0 Å². The van der Waals surface area contributed by atoms with E-state index in [4.69, 9.17) is 135 Å². The number of ether oxygens (including phenoxy) is 4. The molecule has 4 aromatic rings. The van der Waals surface area contributed by atoms with Gasteiger partial charge in [-0.1, -0.05) is 116 Å². The topological polar surface area (TPSA) is 36.9 Å². The average molecular weight is 713 g/mol. The molecule has 196 valence electrons. The van der Waals surface area contributed by atoms with Crippen LogP contribution in [-0.2, 0) is 0 Å². The molecule has 0 saturated carbocycles. The van der Waals surface area contributed by atoms with Crippen LogP contribution in [-0.4, -0.2) is 0 Å². The zero-order valence-electron chi connectivity index (χ0n) is 17.9. The fraction of sp³-hybridized carbons (Fsp3) is 0. The van der Waals surface area contributed by atoms with Gasteiger partial charge in [0.1, 0.15) is 10.0 Å². The minimum atomic E-state index is 0.206. The molecule has 0 N–H and O–H groups in total. The van der Waals surface area contributed by atoms with Gasteiger partial charge < -0.3 is 18.9 Å². The summed E-state index contributed by atoms with van der Waals surface area (Å²) in [6, 6.07) is 9.17. The Bertz CT molecular complexity index is 1640. The van der Waals surface area contributed by atoms with Crippen LogP contribution >= 0.6 is 116 Å². The Hall–Kier alpha value is -1.02. The maximum Gasteiger partial charge on any atom is 0.191 e. The molecule has 0 amide bonds. The zero-order valence-corrected chi connectivity index (χ0v) is 25.4. The van der Waals surface area contributed by atoms with Crippen molar-refractivity contribution < 1.29 is 18.9 Å². The van der Waals surface area contributed by atoms with Crippen molar-refractivity contribution in [2.24, 2.45) is 0 Å². The molecular formula is C24H6Cl10O4. The van der Waals surface area contributed by atoms with E-state index in [0.717, 1.165) is 0 Å². The van der Waals surface area contributed by atoms with Gasteiger partial charge in [-0.15, -0.1) is 0 Å². The fourth-order valence-electron chi connectivity index (χ4n) is 3.33. The van der Waals surface area contributed by atoms with E-state index in [1.54, 1.807) is 18.2 Å². The van der Waals surface area contributed by atoms with E-state index < -0.39 is 0 Å². The molecule has 4 aromatic carbocycles. The number of fused-ring (bicyclic) bond motifs is 4. The number of hydrogen-bond donors (Lipinski definition) is 0. The third kappa shape index (κ3) is 5.34. The van der Waals surface area contributed by atoms with Crippen LogP contribution in [0.4, 0.5) is 0 Å². The Morgan fingerprint density at radius 2 is 0.658 bits per heavy atom. The molecule has 0 saturated heterocycles. The highest BCUT2D eigenvalue weighted by Crippen LogP contribution is 2.57.